The van der Waals surface area contributed by atoms with Gasteiger partial charge in [0.05, 0.1) is 12.0 Å². The number of aromatic amines is 1. The number of nitrogens with one attached hydrogen (secondary N) is 1. The molecule has 0 atom stereocenters. The summed E-state index contributed by atoms with van der Waals surface area (Å²) < 4.78 is 33.2. The Kier molecular flexibility index (Phi) is 4.04. The smallest absolute Gasteiger partial charge is 0.243 e. The van der Waals surface area contributed by atoms with Gasteiger partial charge in [0.2, 0.25) is 10.0 Å². The molecule has 3 aromatic rings. The number of methoxy groups -OCH3 is 1. The fourth-order valence-corrected chi connectivity index (χ4v) is 5.30. The van der Waals surface area contributed by atoms with Crippen LogP contribution >= 0.6 is 0 Å². The molecule has 1 aliphatic rings. The van der Waals surface area contributed by atoms with Crippen molar-refractivity contribution in [3.05, 3.63) is 58.8 Å². The average molecular weight is 370 g/mol. The van der Waals surface area contributed by atoms with Gasteiger partial charge in [0.25, 0.3) is 0 Å². The lowest BCUT2D eigenvalue weighted by Crippen LogP contribution is -2.36. The molecule has 5 nitrogen and oxygen atoms in total. The van der Waals surface area contributed by atoms with Crippen LogP contribution in [0.2, 0.25) is 0 Å². The number of fused-ring (bicyclic) bond motifs is 3. The van der Waals surface area contributed by atoms with Crippen molar-refractivity contribution in [2.24, 2.45) is 0 Å². The van der Waals surface area contributed by atoms with Gasteiger partial charge in [0, 0.05) is 36.1 Å². The Balaban J connectivity index is 1.74. The second-order valence-corrected chi connectivity index (χ2v) is 8.76. The van der Waals surface area contributed by atoms with Crippen molar-refractivity contribution in [2.45, 2.75) is 31.7 Å². The lowest BCUT2D eigenvalue weighted by molar-refractivity contribution is 0.390. The van der Waals surface area contributed by atoms with E-state index in [1.165, 1.54) is 5.56 Å². The third-order valence-electron chi connectivity index (χ3n) is 5.10. The van der Waals surface area contributed by atoms with Gasteiger partial charge in [-0.15, -0.1) is 0 Å². The molecule has 0 radical (unpaired) electrons. The first-order valence-electron chi connectivity index (χ1n) is 8.65. The minimum Gasteiger partial charge on any atom is -0.497 e. The molecule has 1 aromatic heterocycles. The van der Waals surface area contributed by atoms with Crippen LogP contribution in [0.25, 0.3) is 10.9 Å². The van der Waals surface area contributed by atoms with E-state index < -0.39 is 10.0 Å². The van der Waals surface area contributed by atoms with Crippen molar-refractivity contribution in [3.63, 3.8) is 0 Å². The Morgan fingerprint density at radius 2 is 1.92 bits per heavy atom. The Morgan fingerprint density at radius 3 is 2.65 bits per heavy atom. The van der Waals surface area contributed by atoms with Crippen molar-refractivity contribution in [2.75, 3.05) is 13.7 Å². The maximum Gasteiger partial charge on any atom is 0.243 e. The van der Waals surface area contributed by atoms with Crippen LogP contribution in [0.15, 0.2) is 41.3 Å². The highest BCUT2D eigenvalue weighted by Crippen LogP contribution is 2.32. The number of benzene rings is 2. The molecule has 0 bridgehead atoms. The molecule has 0 saturated carbocycles. The zero-order valence-corrected chi connectivity index (χ0v) is 16.0. The quantitative estimate of drug-likeness (QED) is 0.767. The number of hydrogen-bond acceptors (Lipinski definition) is 3. The van der Waals surface area contributed by atoms with Crippen LogP contribution in [-0.2, 0) is 23.0 Å². The lowest BCUT2D eigenvalue weighted by atomic mass is 10.0. The molecule has 0 fully saturated rings. The fraction of sp³-hybridized carbons (Fsp3) is 0.300. The minimum absolute atomic E-state index is 0.345. The Morgan fingerprint density at radius 1 is 1.12 bits per heavy atom. The molecule has 0 aliphatic carbocycles. The van der Waals surface area contributed by atoms with E-state index in [4.69, 9.17) is 4.74 Å². The number of aromatic nitrogens is 1. The molecule has 0 amide bonds. The summed E-state index contributed by atoms with van der Waals surface area (Å²) in [5.74, 6) is 0.662. The lowest BCUT2D eigenvalue weighted by Gasteiger charge is -2.27. The van der Waals surface area contributed by atoms with E-state index in [2.05, 4.69) is 30.1 Å². The van der Waals surface area contributed by atoms with Crippen LogP contribution in [-0.4, -0.2) is 31.4 Å². The summed E-state index contributed by atoms with van der Waals surface area (Å²) in [7, 11) is -1.98. The summed E-state index contributed by atoms with van der Waals surface area (Å²) in [4.78, 5) is 3.79. The summed E-state index contributed by atoms with van der Waals surface area (Å²) in [5.41, 5.74) is 5.17. The van der Waals surface area contributed by atoms with E-state index >= 15 is 0 Å². The summed E-state index contributed by atoms with van der Waals surface area (Å²) in [6.45, 7) is 4.73. The number of H-pyrrole nitrogens is 1. The number of nitrogens with zero attached hydrogens (tertiary/aromatic N) is 1. The third kappa shape index (κ3) is 2.70. The maximum atomic E-state index is 13.2. The predicted octanol–water partition coefficient (Wildman–Crippen LogP) is 3.54. The molecule has 6 heteroatoms. The summed E-state index contributed by atoms with van der Waals surface area (Å²) in [5, 5.41) is 1.12. The first kappa shape index (κ1) is 17.1. The van der Waals surface area contributed by atoms with E-state index in [1.807, 2.05) is 0 Å². The van der Waals surface area contributed by atoms with E-state index in [-0.39, 0.29) is 0 Å². The van der Waals surface area contributed by atoms with Crippen molar-refractivity contribution in [3.8, 4) is 5.75 Å². The standard InChI is InChI=1S/C20H22N2O3S/c1-13-4-6-18-16(10-13)17-12-22(9-8-19(17)21-18)26(23,24)20-7-5-15(25-3)11-14(20)2/h4-7,10-11,21H,8-9,12H2,1-3H3. The van der Waals surface area contributed by atoms with Gasteiger partial charge in [-0.3, -0.25) is 0 Å². The van der Waals surface area contributed by atoms with Crippen LogP contribution in [0.1, 0.15) is 22.4 Å². The number of rotatable bonds is 3. The van der Waals surface area contributed by atoms with Gasteiger partial charge in [-0.2, -0.15) is 4.31 Å². The van der Waals surface area contributed by atoms with Crippen LogP contribution in [0.3, 0.4) is 0 Å². The van der Waals surface area contributed by atoms with Crippen LogP contribution in [0, 0.1) is 13.8 Å². The second kappa shape index (κ2) is 6.14. The molecule has 0 spiro atoms. The van der Waals surface area contributed by atoms with Gasteiger partial charge in [0.1, 0.15) is 5.75 Å². The molecule has 2 aromatic carbocycles. The molecule has 2 heterocycles. The number of sulfonamides is 1. The van der Waals surface area contributed by atoms with Crippen molar-refractivity contribution in [1.29, 1.82) is 0 Å². The SMILES string of the molecule is COc1ccc(S(=O)(=O)N2CCc3[nH]c4ccc(C)cc4c3C2)c(C)c1. The van der Waals surface area contributed by atoms with Crippen LogP contribution in [0.5, 0.6) is 5.75 Å². The minimum atomic E-state index is -3.55. The van der Waals surface area contributed by atoms with Gasteiger partial charge in [0.15, 0.2) is 0 Å². The zero-order chi connectivity index (χ0) is 18.5. The van der Waals surface area contributed by atoms with Crippen molar-refractivity contribution < 1.29 is 13.2 Å². The van der Waals surface area contributed by atoms with Crippen molar-refractivity contribution >= 4 is 20.9 Å². The largest absolute Gasteiger partial charge is 0.497 e. The normalized spacial score (nSPS) is 15.2. The highest BCUT2D eigenvalue weighted by molar-refractivity contribution is 7.89. The van der Waals surface area contributed by atoms with E-state index in [0.29, 0.717) is 35.7 Å². The monoisotopic (exact) mass is 370 g/mol. The first-order chi connectivity index (χ1) is 12.4. The summed E-state index contributed by atoms with van der Waals surface area (Å²) >= 11 is 0. The van der Waals surface area contributed by atoms with E-state index in [1.54, 1.807) is 36.5 Å². The Hall–Kier alpha value is -2.31. The summed E-state index contributed by atoms with van der Waals surface area (Å²) in [6.07, 6.45) is 0.692. The van der Waals surface area contributed by atoms with Crippen LogP contribution < -0.4 is 4.74 Å². The molecule has 1 N–H and O–H groups in total. The third-order valence-corrected chi connectivity index (χ3v) is 7.10. The molecule has 26 heavy (non-hydrogen) atoms. The molecule has 0 unspecified atom stereocenters. The number of hydrogen-bond donors (Lipinski definition) is 1. The van der Waals surface area contributed by atoms with Gasteiger partial charge in [-0.1, -0.05) is 11.6 Å². The Bertz CT molecular complexity index is 1100. The van der Waals surface area contributed by atoms with Crippen LogP contribution in [0.4, 0.5) is 0 Å². The molecule has 4 rings (SSSR count). The maximum absolute atomic E-state index is 13.2. The van der Waals surface area contributed by atoms with E-state index in [9.17, 15) is 8.42 Å². The molecule has 1 aliphatic heterocycles. The summed E-state index contributed by atoms with van der Waals surface area (Å²) in [6, 6.07) is 11.4. The van der Waals surface area contributed by atoms with E-state index in [0.717, 1.165) is 22.2 Å². The van der Waals surface area contributed by atoms with Gasteiger partial charge >= 0.3 is 0 Å². The van der Waals surface area contributed by atoms with Gasteiger partial charge < -0.3 is 9.72 Å². The van der Waals surface area contributed by atoms with Gasteiger partial charge in [-0.05, 0) is 55.3 Å². The van der Waals surface area contributed by atoms with Gasteiger partial charge in [-0.25, -0.2) is 8.42 Å². The fourth-order valence-electron chi connectivity index (χ4n) is 3.69. The second-order valence-electron chi connectivity index (χ2n) is 6.85. The molecule has 0 saturated heterocycles. The zero-order valence-electron chi connectivity index (χ0n) is 15.2. The number of aryl methyl sites for hydroxylation is 2. The first-order valence-corrected chi connectivity index (χ1v) is 10.1. The topological polar surface area (TPSA) is 62.4 Å². The highest BCUT2D eigenvalue weighted by atomic mass is 32.2. The molecular formula is C20H22N2O3S. The molecule has 136 valence electrons. The number of ether oxygens (including phenoxy) is 1. The predicted molar refractivity (Wildman–Crippen MR) is 102 cm³/mol. The van der Waals surface area contributed by atoms with Crippen molar-refractivity contribution in [1.82, 2.24) is 9.29 Å². The Labute approximate surface area is 153 Å². The molecular weight excluding hydrogens is 348 g/mol. The highest BCUT2D eigenvalue weighted by Gasteiger charge is 2.31. The average Bonchev–Trinajstić information content (AvgIpc) is 2.98.